The molecule has 0 spiro atoms. The first-order valence-corrected chi connectivity index (χ1v) is 7.30. The van der Waals surface area contributed by atoms with Crippen LogP contribution in [0.1, 0.15) is 16.7 Å². The number of fused-ring (bicyclic) bond motifs is 1. The fourth-order valence-electron chi connectivity index (χ4n) is 2.61. The largest absolute Gasteiger partial charge is 0.419 e. The van der Waals surface area contributed by atoms with Crippen LogP contribution in [-0.4, -0.2) is 5.37 Å². The molecule has 1 heterocycles. The fourth-order valence-corrected chi connectivity index (χ4v) is 3.86. The second-order valence-electron chi connectivity index (χ2n) is 5.10. The van der Waals surface area contributed by atoms with Crippen molar-refractivity contribution < 1.29 is 17.6 Å². The van der Waals surface area contributed by atoms with Crippen molar-refractivity contribution in [1.82, 2.24) is 0 Å². The molecular weight excluding hydrogens is 316 g/mol. The number of halogens is 4. The van der Waals surface area contributed by atoms with Gasteiger partial charge >= 0.3 is 6.18 Å². The zero-order valence-electron chi connectivity index (χ0n) is 11.2. The summed E-state index contributed by atoms with van der Waals surface area (Å²) in [5, 5.41) is -0.656. The highest BCUT2D eigenvalue weighted by molar-refractivity contribution is 8.00. The van der Waals surface area contributed by atoms with E-state index in [2.05, 4.69) is 0 Å². The van der Waals surface area contributed by atoms with Crippen LogP contribution in [-0.2, 0) is 11.7 Å². The molecule has 0 saturated carbocycles. The minimum atomic E-state index is -4.79. The van der Waals surface area contributed by atoms with Crippen molar-refractivity contribution in [2.75, 3.05) is 0 Å². The molecule has 2 unspecified atom stereocenters. The van der Waals surface area contributed by atoms with Crippen LogP contribution in [0.4, 0.5) is 17.6 Å². The smallest absolute Gasteiger partial charge is 0.317 e. The SMILES string of the molecule is NC1Sc2ccccc2C1(N)c1ccc(F)c(C(F)(F)F)c1. The number of nitrogens with two attached hydrogens (primary N) is 2. The van der Waals surface area contributed by atoms with Gasteiger partial charge < -0.3 is 11.5 Å². The summed E-state index contributed by atoms with van der Waals surface area (Å²) in [5.41, 5.74) is 10.6. The molecule has 0 fully saturated rings. The van der Waals surface area contributed by atoms with Gasteiger partial charge in [0, 0.05) is 4.90 Å². The summed E-state index contributed by atoms with van der Waals surface area (Å²) in [7, 11) is 0. The Bertz CT molecular complexity index is 732. The third-order valence-corrected chi connectivity index (χ3v) is 5.02. The molecular formula is C15H12F4N2S. The molecule has 2 atom stereocenters. The molecule has 2 aromatic carbocycles. The van der Waals surface area contributed by atoms with Gasteiger partial charge in [-0.2, -0.15) is 13.2 Å². The van der Waals surface area contributed by atoms with Crippen molar-refractivity contribution in [1.29, 1.82) is 0 Å². The Labute approximate surface area is 128 Å². The molecule has 1 aliphatic rings. The number of rotatable bonds is 1. The number of benzene rings is 2. The number of hydrogen-bond donors (Lipinski definition) is 2. The summed E-state index contributed by atoms with van der Waals surface area (Å²) < 4.78 is 52.2. The molecule has 116 valence electrons. The molecule has 0 radical (unpaired) electrons. The van der Waals surface area contributed by atoms with Gasteiger partial charge in [-0.3, -0.25) is 0 Å². The Hall–Kier alpha value is -1.57. The lowest BCUT2D eigenvalue weighted by molar-refractivity contribution is -0.140. The molecule has 4 N–H and O–H groups in total. The zero-order valence-corrected chi connectivity index (χ0v) is 12.0. The van der Waals surface area contributed by atoms with Crippen LogP contribution in [0.3, 0.4) is 0 Å². The first-order valence-electron chi connectivity index (χ1n) is 6.42. The van der Waals surface area contributed by atoms with Crippen LogP contribution < -0.4 is 11.5 Å². The molecule has 0 amide bonds. The van der Waals surface area contributed by atoms with Gasteiger partial charge in [-0.05, 0) is 29.3 Å². The maximum Gasteiger partial charge on any atom is 0.419 e. The molecule has 22 heavy (non-hydrogen) atoms. The number of hydrogen-bond acceptors (Lipinski definition) is 3. The van der Waals surface area contributed by atoms with E-state index in [1.807, 2.05) is 6.07 Å². The average Bonchev–Trinajstić information content (AvgIpc) is 2.71. The summed E-state index contributed by atoms with van der Waals surface area (Å²) in [6, 6.07) is 9.87. The lowest BCUT2D eigenvalue weighted by Crippen LogP contribution is -2.49. The topological polar surface area (TPSA) is 52.0 Å². The second-order valence-corrected chi connectivity index (χ2v) is 6.28. The van der Waals surface area contributed by atoms with Gasteiger partial charge in [0.05, 0.1) is 16.5 Å². The molecule has 0 aliphatic carbocycles. The summed E-state index contributed by atoms with van der Waals surface area (Å²) >= 11 is 1.29. The van der Waals surface area contributed by atoms with Crippen molar-refractivity contribution >= 4 is 11.8 Å². The van der Waals surface area contributed by atoms with Gasteiger partial charge in [-0.1, -0.05) is 24.3 Å². The van der Waals surface area contributed by atoms with E-state index in [0.29, 0.717) is 5.56 Å². The maximum absolute atomic E-state index is 13.5. The standard InChI is InChI=1S/C15H12F4N2S/c16-11-6-5-8(7-10(11)15(17,18)19)14(21)9-3-1-2-4-12(9)22-13(14)20/h1-7,13H,20-21H2. The van der Waals surface area contributed by atoms with E-state index >= 15 is 0 Å². The normalized spacial score (nSPS) is 24.4. The van der Waals surface area contributed by atoms with E-state index in [1.54, 1.807) is 18.2 Å². The van der Waals surface area contributed by atoms with Crippen molar-refractivity contribution in [3.8, 4) is 0 Å². The van der Waals surface area contributed by atoms with Crippen molar-refractivity contribution in [3.05, 3.63) is 65.0 Å². The van der Waals surface area contributed by atoms with E-state index in [1.165, 1.54) is 17.8 Å². The highest BCUT2D eigenvalue weighted by Crippen LogP contribution is 2.48. The highest BCUT2D eigenvalue weighted by Gasteiger charge is 2.45. The monoisotopic (exact) mass is 328 g/mol. The van der Waals surface area contributed by atoms with Crippen molar-refractivity contribution in [3.63, 3.8) is 0 Å². The molecule has 3 rings (SSSR count). The second kappa shape index (κ2) is 4.97. The summed E-state index contributed by atoms with van der Waals surface area (Å²) in [4.78, 5) is 0.815. The highest BCUT2D eigenvalue weighted by atomic mass is 32.2. The van der Waals surface area contributed by atoms with Crippen molar-refractivity contribution in [2.45, 2.75) is 22.0 Å². The molecule has 1 aliphatic heterocycles. The third-order valence-electron chi connectivity index (χ3n) is 3.78. The predicted molar refractivity (Wildman–Crippen MR) is 76.6 cm³/mol. The Morgan fingerprint density at radius 1 is 1.09 bits per heavy atom. The van der Waals surface area contributed by atoms with Crippen LogP contribution in [0, 0.1) is 5.82 Å². The Balaban J connectivity index is 2.19. The first kappa shape index (κ1) is 15.3. The van der Waals surface area contributed by atoms with E-state index in [9.17, 15) is 17.6 Å². The van der Waals surface area contributed by atoms with Gasteiger partial charge in [0.15, 0.2) is 0 Å². The van der Waals surface area contributed by atoms with Gasteiger partial charge in [-0.25, -0.2) is 4.39 Å². The fraction of sp³-hybridized carbons (Fsp3) is 0.200. The Morgan fingerprint density at radius 3 is 2.45 bits per heavy atom. The summed E-state index contributed by atoms with van der Waals surface area (Å²) in [6.07, 6.45) is -4.79. The molecule has 0 bridgehead atoms. The van der Waals surface area contributed by atoms with Gasteiger partial charge in [0.2, 0.25) is 0 Å². The van der Waals surface area contributed by atoms with Crippen LogP contribution >= 0.6 is 11.8 Å². The third kappa shape index (κ3) is 2.20. The molecule has 7 heteroatoms. The number of thioether (sulfide) groups is 1. The minimum Gasteiger partial charge on any atom is -0.317 e. The van der Waals surface area contributed by atoms with E-state index in [-0.39, 0.29) is 5.56 Å². The van der Waals surface area contributed by atoms with Gasteiger partial charge in [0.25, 0.3) is 0 Å². The van der Waals surface area contributed by atoms with Crippen LogP contribution in [0.2, 0.25) is 0 Å². The maximum atomic E-state index is 13.5. The van der Waals surface area contributed by atoms with E-state index < -0.39 is 28.5 Å². The molecule has 2 aromatic rings. The summed E-state index contributed by atoms with van der Waals surface area (Å²) in [6.45, 7) is 0. The Morgan fingerprint density at radius 2 is 1.77 bits per heavy atom. The Kier molecular flexibility index (Phi) is 3.47. The van der Waals surface area contributed by atoms with Crippen LogP contribution in [0.15, 0.2) is 47.4 Å². The first-order chi connectivity index (χ1) is 10.2. The van der Waals surface area contributed by atoms with Gasteiger partial charge in [-0.15, -0.1) is 11.8 Å². The molecule has 0 aromatic heterocycles. The zero-order chi connectivity index (χ0) is 16.1. The van der Waals surface area contributed by atoms with Crippen LogP contribution in [0.5, 0.6) is 0 Å². The van der Waals surface area contributed by atoms with Gasteiger partial charge in [0.1, 0.15) is 5.82 Å². The molecule has 2 nitrogen and oxygen atoms in total. The number of alkyl halides is 3. The predicted octanol–water partition coefficient (Wildman–Crippen LogP) is 3.44. The van der Waals surface area contributed by atoms with E-state index in [4.69, 9.17) is 11.5 Å². The minimum absolute atomic E-state index is 0.145. The summed E-state index contributed by atoms with van der Waals surface area (Å²) in [5.74, 6) is -1.33. The lowest BCUT2D eigenvalue weighted by Gasteiger charge is -2.30. The average molecular weight is 328 g/mol. The van der Waals surface area contributed by atoms with Crippen LogP contribution in [0.25, 0.3) is 0 Å². The molecule has 0 saturated heterocycles. The van der Waals surface area contributed by atoms with E-state index in [0.717, 1.165) is 17.0 Å². The quantitative estimate of drug-likeness (QED) is 0.789. The van der Waals surface area contributed by atoms with Crippen molar-refractivity contribution in [2.24, 2.45) is 11.5 Å². The lowest BCUT2D eigenvalue weighted by atomic mass is 9.83.